The minimum Gasteiger partial charge on any atom is -0.492 e. The van der Waals surface area contributed by atoms with Crippen LogP contribution in [0.2, 0.25) is 0 Å². The van der Waals surface area contributed by atoms with Gasteiger partial charge in [0, 0.05) is 45.2 Å². The van der Waals surface area contributed by atoms with Gasteiger partial charge in [0.2, 0.25) is 5.91 Å². The number of guanidine groups is 1. The van der Waals surface area contributed by atoms with Crippen LogP contribution in [0.1, 0.15) is 19.7 Å². The number of benzene rings is 1. The second kappa shape index (κ2) is 12.9. The number of nitrogens with one attached hydrogen (secondary N) is 3. The molecule has 0 atom stereocenters. The van der Waals surface area contributed by atoms with E-state index < -0.39 is 0 Å². The van der Waals surface area contributed by atoms with E-state index >= 15 is 0 Å². The van der Waals surface area contributed by atoms with Crippen molar-refractivity contribution in [2.24, 2.45) is 4.99 Å². The molecule has 154 valence electrons. The Kier molecular flexibility index (Phi) is 10.9. The molecular weight excluding hydrogens is 473 g/mol. The molecule has 0 bridgehead atoms. The number of nitrogens with zero attached hydrogens (tertiary/aromatic N) is 4. The monoisotopic (exact) mass is 501 g/mol. The van der Waals surface area contributed by atoms with Crippen LogP contribution in [0, 0.1) is 0 Å². The van der Waals surface area contributed by atoms with Gasteiger partial charge in [0.05, 0.1) is 6.54 Å². The van der Waals surface area contributed by atoms with Gasteiger partial charge in [0.15, 0.2) is 5.96 Å². The highest BCUT2D eigenvalue weighted by Gasteiger charge is 2.03. The average molecular weight is 501 g/mol. The lowest BCUT2D eigenvalue weighted by molar-refractivity contribution is -0.114. The predicted octanol–water partition coefficient (Wildman–Crippen LogP) is 1.66. The SMILES string of the molecule is CCc1nncn1CCNC(=NC)NCCOc1cccc(NC(C)=O)c1.I. The minimum atomic E-state index is -0.110. The van der Waals surface area contributed by atoms with Crippen LogP contribution in [-0.2, 0) is 17.8 Å². The molecule has 0 spiro atoms. The van der Waals surface area contributed by atoms with E-state index in [1.165, 1.54) is 6.92 Å². The summed E-state index contributed by atoms with van der Waals surface area (Å²) in [5.74, 6) is 2.26. The topological polar surface area (TPSA) is 105 Å². The number of carbonyl (C=O) groups is 1. The molecule has 0 aliphatic carbocycles. The molecule has 0 radical (unpaired) electrons. The van der Waals surface area contributed by atoms with Crippen molar-refractivity contribution in [3.8, 4) is 5.75 Å². The van der Waals surface area contributed by atoms with Crippen molar-refractivity contribution in [2.75, 3.05) is 32.1 Å². The smallest absolute Gasteiger partial charge is 0.221 e. The molecule has 10 heteroatoms. The van der Waals surface area contributed by atoms with Crippen LogP contribution in [-0.4, -0.2) is 53.4 Å². The Hall–Kier alpha value is -2.37. The third-order valence-electron chi connectivity index (χ3n) is 3.70. The first-order valence-corrected chi connectivity index (χ1v) is 8.94. The van der Waals surface area contributed by atoms with Gasteiger partial charge in [-0.2, -0.15) is 0 Å². The van der Waals surface area contributed by atoms with Crippen LogP contribution in [0.5, 0.6) is 5.75 Å². The number of halogens is 1. The second-order valence-electron chi connectivity index (χ2n) is 5.78. The van der Waals surface area contributed by atoms with E-state index in [-0.39, 0.29) is 29.9 Å². The lowest BCUT2D eigenvalue weighted by Gasteiger charge is -2.13. The lowest BCUT2D eigenvalue weighted by atomic mass is 10.3. The summed E-state index contributed by atoms with van der Waals surface area (Å²) in [5.41, 5.74) is 0.714. The van der Waals surface area contributed by atoms with Crippen LogP contribution in [0.4, 0.5) is 5.69 Å². The van der Waals surface area contributed by atoms with Gasteiger partial charge in [-0.1, -0.05) is 13.0 Å². The van der Waals surface area contributed by atoms with Crippen molar-refractivity contribution >= 4 is 41.5 Å². The number of hydrogen-bond acceptors (Lipinski definition) is 5. The Bertz CT molecular complexity index is 764. The number of hydrogen-bond donors (Lipinski definition) is 3. The molecule has 2 rings (SSSR count). The number of aromatic nitrogens is 3. The van der Waals surface area contributed by atoms with E-state index in [1.807, 2.05) is 22.8 Å². The summed E-state index contributed by atoms with van der Waals surface area (Å²) in [6, 6.07) is 7.30. The fraction of sp³-hybridized carbons (Fsp3) is 0.444. The summed E-state index contributed by atoms with van der Waals surface area (Å²) in [6.07, 6.45) is 2.59. The summed E-state index contributed by atoms with van der Waals surface area (Å²) in [4.78, 5) is 15.3. The lowest BCUT2D eigenvalue weighted by Crippen LogP contribution is -2.40. The Morgan fingerprint density at radius 3 is 2.79 bits per heavy atom. The first-order valence-electron chi connectivity index (χ1n) is 8.94. The molecule has 0 aliphatic rings. The third-order valence-corrected chi connectivity index (χ3v) is 3.70. The fourth-order valence-corrected chi connectivity index (χ4v) is 2.46. The van der Waals surface area contributed by atoms with Gasteiger partial charge in [-0.15, -0.1) is 34.2 Å². The zero-order valence-corrected chi connectivity index (χ0v) is 18.8. The number of amides is 1. The van der Waals surface area contributed by atoms with Crippen molar-refractivity contribution in [3.63, 3.8) is 0 Å². The molecule has 9 nitrogen and oxygen atoms in total. The maximum atomic E-state index is 11.1. The van der Waals surface area contributed by atoms with Gasteiger partial charge in [-0.25, -0.2) is 0 Å². The minimum absolute atomic E-state index is 0. The Balaban J connectivity index is 0.00000392. The number of ether oxygens (including phenoxy) is 1. The molecule has 3 N–H and O–H groups in total. The molecule has 0 unspecified atom stereocenters. The molecular formula is C18H28IN7O2. The van der Waals surface area contributed by atoms with Gasteiger partial charge < -0.3 is 25.3 Å². The van der Waals surface area contributed by atoms with Crippen LogP contribution >= 0.6 is 24.0 Å². The zero-order valence-electron chi connectivity index (χ0n) is 16.4. The van der Waals surface area contributed by atoms with E-state index in [0.29, 0.717) is 37.1 Å². The quantitative estimate of drug-likeness (QED) is 0.209. The molecule has 1 aromatic carbocycles. The largest absolute Gasteiger partial charge is 0.492 e. The van der Waals surface area contributed by atoms with Crippen molar-refractivity contribution in [2.45, 2.75) is 26.8 Å². The Morgan fingerprint density at radius 2 is 2.07 bits per heavy atom. The number of aryl methyl sites for hydroxylation is 1. The molecule has 0 saturated heterocycles. The second-order valence-corrected chi connectivity index (χ2v) is 5.78. The number of anilines is 1. The average Bonchev–Trinajstić information content (AvgIpc) is 3.11. The van der Waals surface area contributed by atoms with E-state index in [4.69, 9.17) is 4.74 Å². The van der Waals surface area contributed by atoms with Gasteiger partial charge in [-0.05, 0) is 12.1 Å². The molecule has 0 saturated carbocycles. The highest BCUT2D eigenvalue weighted by atomic mass is 127. The van der Waals surface area contributed by atoms with Gasteiger partial charge in [0.25, 0.3) is 0 Å². The molecule has 2 aromatic rings. The van der Waals surface area contributed by atoms with Crippen LogP contribution < -0.4 is 20.7 Å². The van der Waals surface area contributed by atoms with Crippen LogP contribution in [0.15, 0.2) is 35.6 Å². The Morgan fingerprint density at radius 1 is 1.29 bits per heavy atom. The molecule has 1 aromatic heterocycles. The van der Waals surface area contributed by atoms with Crippen LogP contribution in [0.3, 0.4) is 0 Å². The van der Waals surface area contributed by atoms with Gasteiger partial charge in [0.1, 0.15) is 24.5 Å². The van der Waals surface area contributed by atoms with E-state index in [2.05, 4.69) is 38.1 Å². The highest BCUT2D eigenvalue weighted by Crippen LogP contribution is 2.16. The van der Waals surface area contributed by atoms with E-state index in [1.54, 1.807) is 19.4 Å². The predicted molar refractivity (Wildman–Crippen MR) is 120 cm³/mol. The summed E-state index contributed by atoms with van der Waals surface area (Å²) < 4.78 is 7.72. The van der Waals surface area contributed by atoms with Crippen LogP contribution in [0.25, 0.3) is 0 Å². The molecule has 0 fully saturated rings. The number of carbonyl (C=O) groups excluding carboxylic acids is 1. The first-order chi connectivity index (χ1) is 13.1. The first kappa shape index (κ1) is 23.7. The Labute approximate surface area is 182 Å². The van der Waals surface area contributed by atoms with Gasteiger partial charge in [-0.3, -0.25) is 9.79 Å². The third kappa shape index (κ3) is 8.11. The van der Waals surface area contributed by atoms with E-state index in [9.17, 15) is 4.79 Å². The molecule has 1 heterocycles. The zero-order chi connectivity index (χ0) is 19.5. The highest BCUT2D eigenvalue weighted by molar-refractivity contribution is 14.0. The molecule has 1 amide bonds. The maximum Gasteiger partial charge on any atom is 0.221 e. The molecule has 0 aliphatic heterocycles. The summed E-state index contributed by atoms with van der Waals surface area (Å²) in [6.45, 7) is 6.07. The number of rotatable bonds is 9. The molecule has 28 heavy (non-hydrogen) atoms. The normalized spacial score (nSPS) is 10.8. The van der Waals surface area contributed by atoms with Crippen molar-refractivity contribution in [3.05, 3.63) is 36.4 Å². The summed E-state index contributed by atoms with van der Waals surface area (Å²) in [7, 11) is 1.73. The van der Waals surface area contributed by atoms with Gasteiger partial charge >= 0.3 is 0 Å². The summed E-state index contributed by atoms with van der Waals surface area (Å²) in [5, 5.41) is 17.2. The summed E-state index contributed by atoms with van der Waals surface area (Å²) >= 11 is 0. The van der Waals surface area contributed by atoms with Crippen molar-refractivity contribution in [1.29, 1.82) is 0 Å². The maximum absolute atomic E-state index is 11.1. The standard InChI is InChI=1S/C18H27N7O2.HI/c1-4-17-24-22-13-25(17)10-8-20-18(19-3)21-9-11-27-16-7-5-6-15(12-16)23-14(2)26;/h5-7,12-13H,4,8-11H2,1-3H3,(H,23,26)(H2,19,20,21);1H. The van der Waals surface area contributed by atoms with E-state index in [0.717, 1.165) is 18.8 Å². The fourth-order valence-electron chi connectivity index (χ4n) is 2.46. The van der Waals surface area contributed by atoms with Crippen molar-refractivity contribution in [1.82, 2.24) is 25.4 Å². The number of aliphatic imine (C=N–C) groups is 1. The van der Waals surface area contributed by atoms with Crippen molar-refractivity contribution < 1.29 is 9.53 Å².